The van der Waals surface area contributed by atoms with Gasteiger partial charge in [0.25, 0.3) is 10.0 Å². The first kappa shape index (κ1) is 16.0. The number of hydrogen-bond donors (Lipinski definition) is 2. The fourth-order valence-corrected chi connectivity index (χ4v) is 3.05. The number of aryl methyl sites for hydroxylation is 1. The summed E-state index contributed by atoms with van der Waals surface area (Å²) in [5.74, 6) is 0. The molecular formula is C16H15N3O4S. The first-order valence-electron chi connectivity index (χ1n) is 7.13. The molecule has 1 aromatic heterocycles. The smallest absolute Gasteiger partial charge is 0.328 e. The van der Waals surface area contributed by atoms with Gasteiger partial charge >= 0.3 is 6.03 Å². The maximum atomic E-state index is 12.1. The number of nitrogens with one attached hydrogen (secondary N) is 2. The van der Waals surface area contributed by atoms with E-state index in [1.807, 2.05) is 11.6 Å². The van der Waals surface area contributed by atoms with Crippen molar-refractivity contribution in [1.82, 2.24) is 15.0 Å². The van der Waals surface area contributed by atoms with Crippen LogP contribution in [0.15, 0.2) is 58.2 Å². The highest BCUT2D eigenvalue weighted by Crippen LogP contribution is 2.14. The molecule has 8 heteroatoms. The third-order valence-corrected chi connectivity index (χ3v) is 4.75. The topological polar surface area (TPSA) is 101 Å². The van der Waals surface area contributed by atoms with Crippen molar-refractivity contribution in [1.29, 1.82) is 0 Å². The lowest BCUT2D eigenvalue weighted by Gasteiger charge is -2.09. The van der Waals surface area contributed by atoms with Gasteiger partial charge in [0.2, 0.25) is 0 Å². The number of hydrogen-bond acceptors (Lipinski definition) is 5. The number of carbonyl (C=O) groups excluding carboxylic acids is 1. The monoisotopic (exact) mass is 345 g/mol. The van der Waals surface area contributed by atoms with Crippen molar-refractivity contribution in [2.45, 2.75) is 18.4 Å². The van der Waals surface area contributed by atoms with Crippen LogP contribution in [0.1, 0.15) is 11.1 Å². The molecule has 24 heavy (non-hydrogen) atoms. The zero-order valence-electron chi connectivity index (χ0n) is 12.8. The number of urea groups is 1. The van der Waals surface area contributed by atoms with Gasteiger partial charge in [-0.3, -0.25) is 0 Å². The predicted molar refractivity (Wildman–Crippen MR) is 87.7 cm³/mol. The average molecular weight is 345 g/mol. The molecule has 124 valence electrons. The lowest BCUT2D eigenvalue weighted by atomic mass is 10.2. The zero-order valence-corrected chi connectivity index (χ0v) is 13.6. The van der Waals surface area contributed by atoms with Crippen LogP contribution in [-0.2, 0) is 16.6 Å². The summed E-state index contributed by atoms with van der Waals surface area (Å²) in [6, 6.07) is 10.7. The lowest BCUT2D eigenvalue weighted by Crippen LogP contribution is -2.39. The maximum Gasteiger partial charge on any atom is 0.328 e. The zero-order chi connectivity index (χ0) is 17.2. The summed E-state index contributed by atoms with van der Waals surface area (Å²) in [5, 5.41) is 2.50. The van der Waals surface area contributed by atoms with Crippen molar-refractivity contribution in [3.8, 4) is 0 Å². The van der Waals surface area contributed by atoms with Crippen LogP contribution in [0.3, 0.4) is 0 Å². The number of rotatable bonds is 4. The molecule has 0 radical (unpaired) electrons. The molecule has 0 unspecified atom stereocenters. The molecule has 7 nitrogen and oxygen atoms in total. The molecule has 0 saturated heterocycles. The van der Waals surface area contributed by atoms with Gasteiger partial charge in [-0.15, -0.1) is 0 Å². The van der Waals surface area contributed by atoms with Gasteiger partial charge in [-0.25, -0.2) is 22.9 Å². The van der Waals surface area contributed by atoms with E-state index in [1.54, 1.807) is 30.3 Å². The molecule has 1 heterocycles. The number of carbonyl (C=O) groups is 1. The van der Waals surface area contributed by atoms with Crippen LogP contribution in [0, 0.1) is 6.92 Å². The van der Waals surface area contributed by atoms with Crippen molar-refractivity contribution < 1.29 is 17.6 Å². The van der Waals surface area contributed by atoms with Crippen molar-refractivity contribution >= 4 is 27.2 Å². The summed E-state index contributed by atoms with van der Waals surface area (Å²) in [6.45, 7) is 2.01. The molecule has 0 bridgehead atoms. The minimum Gasteiger partial charge on any atom is -0.443 e. The number of oxazole rings is 1. The van der Waals surface area contributed by atoms with Crippen LogP contribution in [-0.4, -0.2) is 19.4 Å². The van der Waals surface area contributed by atoms with Crippen molar-refractivity contribution in [2.24, 2.45) is 0 Å². The summed E-state index contributed by atoms with van der Waals surface area (Å²) in [5.41, 5.74) is 3.01. The van der Waals surface area contributed by atoms with E-state index in [9.17, 15) is 13.2 Å². The second-order valence-corrected chi connectivity index (χ2v) is 6.94. The normalized spacial score (nSPS) is 11.4. The molecule has 0 atom stereocenters. The summed E-state index contributed by atoms with van der Waals surface area (Å²) < 4.78 is 31.4. The second-order valence-electron chi connectivity index (χ2n) is 5.26. The minimum absolute atomic E-state index is 0.0336. The fraction of sp³-hybridized carbons (Fsp3) is 0.125. The summed E-state index contributed by atoms with van der Waals surface area (Å²) >= 11 is 0. The molecule has 2 amide bonds. The third-order valence-electron chi connectivity index (χ3n) is 3.41. The van der Waals surface area contributed by atoms with Gasteiger partial charge in [-0.2, -0.15) is 0 Å². The Labute approximate surface area is 138 Å². The molecule has 3 aromatic rings. The molecule has 0 aliphatic carbocycles. The first-order chi connectivity index (χ1) is 11.4. The number of amides is 2. The maximum absolute atomic E-state index is 12.1. The van der Waals surface area contributed by atoms with E-state index in [0.29, 0.717) is 11.1 Å². The third kappa shape index (κ3) is 3.54. The van der Waals surface area contributed by atoms with Gasteiger partial charge in [0, 0.05) is 6.54 Å². The van der Waals surface area contributed by atoms with Crippen LogP contribution >= 0.6 is 0 Å². The van der Waals surface area contributed by atoms with Gasteiger partial charge < -0.3 is 9.73 Å². The average Bonchev–Trinajstić information content (AvgIpc) is 3.00. The first-order valence-corrected chi connectivity index (χ1v) is 8.62. The molecule has 0 fully saturated rings. The SMILES string of the molecule is Cc1ccc(S(=O)(=O)NC(=O)NCc2ccc3ncoc3c2)cc1. The summed E-state index contributed by atoms with van der Waals surface area (Å²) in [4.78, 5) is 15.9. The van der Waals surface area contributed by atoms with Gasteiger partial charge in [-0.05, 0) is 36.8 Å². The van der Waals surface area contributed by atoms with Gasteiger partial charge in [0.05, 0.1) is 4.90 Å². The lowest BCUT2D eigenvalue weighted by molar-refractivity contribution is 0.245. The Kier molecular flexibility index (Phi) is 4.22. The number of benzene rings is 2. The minimum atomic E-state index is -3.90. The molecule has 2 N–H and O–H groups in total. The predicted octanol–water partition coefficient (Wildman–Crippen LogP) is 2.32. The largest absolute Gasteiger partial charge is 0.443 e. The van der Waals surface area contributed by atoms with Gasteiger partial charge in [0.15, 0.2) is 12.0 Å². The number of nitrogens with zero attached hydrogens (tertiary/aromatic N) is 1. The molecule has 0 saturated carbocycles. The van der Waals surface area contributed by atoms with Gasteiger partial charge in [-0.1, -0.05) is 23.8 Å². The van der Waals surface area contributed by atoms with E-state index in [-0.39, 0.29) is 11.4 Å². The van der Waals surface area contributed by atoms with E-state index >= 15 is 0 Å². The van der Waals surface area contributed by atoms with E-state index in [2.05, 4.69) is 10.3 Å². The quantitative estimate of drug-likeness (QED) is 0.756. The number of sulfonamides is 1. The Bertz CT molecular complexity index is 978. The van der Waals surface area contributed by atoms with Crippen molar-refractivity contribution in [2.75, 3.05) is 0 Å². The van der Waals surface area contributed by atoms with E-state index in [1.165, 1.54) is 18.5 Å². The molecule has 2 aromatic carbocycles. The molecule has 0 spiro atoms. The molecule has 3 rings (SSSR count). The number of aromatic nitrogens is 1. The standard InChI is InChI=1S/C16H15N3O4S/c1-11-2-5-13(6-3-11)24(21,22)19-16(20)17-9-12-4-7-14-15(8-12)23-10-18-14/h2-8,10H,9H2,1H3,(H2,17,19,20). The summed E-state index contributed by atoms with van der Waals surface area (Å²) in [7, 11) is -3.90. The van der Waals surface area contributed by atoms with Crippen LogP contribution in [0.2, 0.25) is 0 Å². The van der Waals surface area contributed by atoms with Crippen LogP contribution in [0.5, 0.6) is 0 Å². The van der Waals surface area contributed by atoms with Crippen molar-refractivity contribution in [3.05, 3.63) is 60.0 Å². The second kappa shape index (κ2) is 6.32. The highest BCUT2D eigenvalue weighted by Gasteiger charge is 2.17. The van der Waals surface area contributed by atoms with E-state index < -0.39 is 16.1 Å². The van der Waals surface area contributed by atoms with Crippen molar-refractivity contribution in [3.63, 3.8) is 0 Å². The van der Waals surface area contributed by atoms with Gasteiger partial charge in [0.1, 0.15) is 5.52 Å². The Balaban J connectivity index is 1.63. The highest BCUT2D eigenvalue weighted by atomic mass is 32.2. The Morgan fingerprint density at radius 1 is 1.17 bits per heavy atom. The molecular weight excluding hydrogens is 330 g/mol. The highest BCUT2D eigenvalue weighted by molar-refractivity contribution is 7.90. The van der Waals surface area contributed by atoms with Crippen LogP contribution in [0.25, 0.3) is 11.1 Å². The Hall–Kier alpha value is -2.87. The number of fused-ring (bicyclic) bond motifs is 1. The Morgan fingerprint density at radius 2 is 1.92 bits per heavy atom. The summed E-state index contributed by atoms with van der Waals surface area (Å²) in [6.07, 6.45) is 1.34. The molecule has 0 aliphatic heterocycles. The molecule has 0 aliphatic rings. The van der Waals surface area contributed by atoms with Crippen LogP contribution < -0.4 is 10.0 Å². The fourth-order valence-electron chi connectivity index (χ4n) is 2.13. The van der Waals surface area contributed by atoms with Crippen LogP contribution in [0.4, 0.5) is 4.79 Å². The van der Waals surface area contributed by atoms with E-state index in [4.69, 9.17) is 4.42 Å². The Morgan fingerprint density at radius 3 is 2.67 bits per heavy atom. The van der Waals surface area contributed by atoms with E-state index in [0.717, 1.165) is 11.1 Å².